The minimum Gasteiger partial charge on any atom is -0.481 e. The summed E-state index contributed by atoms with van der Waals surface area (Å²) in [5.74, 6) is 0.576. The fourth-order valence-electron chi connectivity index (χ4n) is 2.93. The minimum atomic E-state index is -0.664. The van der Waals surface area contributed by atoms with Crippen LogP contribution in [0.2, 0.25) is 0 Å². The van der Waals surface area contributed by atoms with Gasteiger partial charge in [-0.3, -0.25) is 4.79 Å². The number of rotatable bonds is 6. The predicted molar refractivity (Wildman–Crippen MR) is 73.1 cm³/mol. The van der Waals surface area contributed by atoms with Gasteiger partial charge in [0.05, 0.1) is 5.92 Å². The van der Waals surface area contributed by atoms with E-state index < -0.39 is 5.97 Å². The molecule has 1 aromatic heterocycles. The van der Waals surface area contributed by atoms with E-state index in [-0.39, 0.29) is 11.8 Å². The van der Waals surface area contributed by atoms with Gasteiger partial charge < -0.3 is 10.0 Å². The molecule has 2 heterocycles. The van der Waals surface area contributed by atoms with Gasteiger partial charge in [0.1, 0.15) is 5.82 Å². The SMILES string of the molecule is Cc1nnnn1CCCN1C[C@H](C(=O)O)[C@@H](C(C)C)C1. The van der Waals surface area contributed by atoms with Crippen LogP contribution in [0.3, 0.4) is 0 Å². The van der Waals surface area contributed by atoms with Gasteiger partial charge in [-0.25, -0.2) is 4.68 Å². The van der Waals surface area contributed by atoms with Gasteiger partial charge in [-0.2, -0.15) is 0 Å². The highest BCUT2D eigenvalue weighted by molar-refractivity contribution is 5.71. The van der Waals surface area contributed by atoms with Gasteiger partial charge in [0.15, 0.2) is 0 Å². The van der Waals surface area contributed by atoms with Crippen LogP contribution in [-0.4, -0.2) is 55.8 Å². The first-order valence-corrected chi connectivity index (χ1v) is 7.17. The molecule has 0 radical (unpaired) electrons. The van der Waals surface area contributed by atoms with Crippen LogP contribution in [0.15, 0.2) is 0 Å². The Bertz CT molecular complexity index is 459. The number of nitrogens with zero attached hydrogens (tertiary/aromatic N) is 5. The zero-order valence-electron chi connectivity index (χ0n) is 12.4. The molecule has 1 N–H and O–H groups in total. The lowest BCUT2D eigenvalue weighted by molar-refractivity contribution is -0.143. The molecule has 1 fully saturated rings. The highest BCUT2D eigenvalue weighted by atomic mass is 16.4. The molecule has 1 saturated heterocycles. The molecule has 1 aliphatic rings. The zero-order valence-corrected chi connectivity index (χ0v) is 12.4. The number of likely N-dealkylation sites (tertiary alicyclic amines) is 1. The van der Waals surface area contributed by atoms with E-state index in [0.717, 1.165) is 31.9 Å². The second kappa shape index (κ2) is 6.30. The van der Waals surface area contributed by atoms with Crippen LogP contribution in [0, 0.1) is 24.7 Å². The molecule has 2 rings (SSSR count). The smallest absolute Gasteiger partial charge is 0.308 e. The van der Waals surface area contributed by atoms with Crippen LogP contribution in [0.5, 0.6) is 0 Å². The Labute approximate surface area is 119 Å². The lowest BCUT2D eigenvalue weighted by atomic mass is 9.86. The van der Waals surface area contributed by atoms with E-state index in [9.17, 15) is 9.90 Å². The van der Waals surface area contributed by atoms with Crippen molar-refractivity contribution in [1.82, 2.24) is 25.1 Å². The quantitative estimate of drug-likeness (QED) is 0.824. The van der Waals surface area contributed by atoms with E-state index in [0.29, 0.717) is 12.5 Å². The third-order valence-electron chi connectivity index (χ3n) is 4.17. The first-order valence-electron chi connectivity index (χ1n) is 7.17. The molecular weight excluding hydrogens is 258 g/mol. The average Bonchev–Trinajstić information content (AvgIpc) is 2.97. The van der Waals surface area contributed by atoms with Crippen molar-refractivity contribution in [3.63, 3.8) is 0 Å². The van der Waals surface area contributed by atoms with E-state index in [1.54, 1.807) is 4.68 Å². The van der Waals surface area contributed by atoms with Crippen molar-refractivity contribution in [2.24, 2.45) is 17.8 Å². The van der Waals surface area contributed by atoms with Gasteiger partial charge in [-0.1, -0.05) is 13.8 Å². The molecule has 112 valence electrons. The number of hydrogen-bond donors (Lipinski definition) is 1. The lowest BCUT2D eigenvalue weighted by Crippen LogP contribution is -2.25. The van der Waals surface area contributed by atoms with Crippen LogP contribution >= 0.6 is 0 Å². The Morgan fingerprint density at radius 1 is 1.40 bits per heavy atom. The van der Waals surface area contributed by atoms with Crippen molar-refractivity contribution in [3.05, 3.63) is 5.82 Å². The maximum absolute atomic E-state index is 11.3. The fourth-order valence-corrected chi connectivity index (χ4v) is 2.93. The zero-order chi connectivity index (χ0) is 14.7. The molecule has 0 amide bonds. The molecule has 0 aromatic carbocycles. The molecule has 7 nitrogen and oxygen atoms in total. The number of carbonyl (C=O) groups is 1. The van der Waals surface area contributed by atoms with Crippen LogP contribution in [0.25, 0.3) is 0 Å². The van der Waals surface area contributed by atoms with Crippen molar-refractivity contribution in [2.45, 2.75) is 33.7 Å². The Hall–Kier alpha value is -1.50. The van der Waals surface area contributed by atoms with E-state index in [4.69, 9.17) is 0 Å². The highest BCUT2D eigenvalue weighted by Crippen LogP contribution is 2.29. The van der Waals surface area contributed by atoms with Crippen LogP contribution in [-0.2, 0) is 11.3 Å². The molecular formula is C13H23N5O2. The second-order valence-corrected chi connectivity index (χ2v) is 5.91. The van der Waals surface area contributed by atoms with Gasteiger partial charge in [-0.05, 0) is 42.2 Å². The molecule has 0 aliphatic carbocycles. The third-order valence-corrected chi connectivity index (χ3v) is 4.17. The first-order chi connectivity index (χ1) is 9.49. The van der Waals surface area contributed by atoms with Crippen LogP contribution < -0.4 is 0 Å². The number of aliphatic carboxylic acids is 1. The number of aryl methyl sites for hydroxylation is 2. The number of tetrazole rings is 1. The summed E-state index contributed by atoms with van der Waals surface area (Å²) in [5.41, 5.74) is 0. The molecule has 7 heteroatoms. The van der Waals surface area contributed by atoms with Crippen molar-refractivity contribution in [1.29, 1.82) is 0 Å². The average molecular weight is 281 g/mol. The lowest BCUT2D eigenvalue weighted by Gasteiger charge is -2.18. The van der Waals surface area contributed by atoms with Gasteiger partial charge in [0.2, 0.25) is 0 Å². The topological polar surface area (TPSA) is 84.1 Å². The molecule has 0 saturated carbocycles. The van der Waals surface area contributed by atoms with Gasteiger partial charge >= 0.3 is 5.97 Å². The molecule has 2 atom stereocenters. The molecule has 0 spiro atoms. The summed E-state index contributed by atoms with van der Waals surface area (Å²) >= 11 is 0. The van der Waals surface area contributed by atoms with Crippen molar-refractivity contribution in [3.8, 4) is 0 Å². The number of carboxylic acids is 1. The van der Waals surface area contributed by atoms with Crippen LogP contribution in [0.1, 0.15) is 26.1 Å². The monoisotopic (exact) mass is 281 g/mol. The predicted octanol–water partition coefficient (Wildman–Crippen LogP) is 0.660. The summed E-state index contributed by atoms with van der Waals surface area (Å²) in [6, 6.07) is 0. The molecule has 0 bridgehead atoms. The standard InChI is InChI=1S/C13H23N5O2/c1-9(2)11-7-17(8-12(11)13(19)20)5-4-6-18-10(3)14-15-16-18/h9,11-12H,4-8H2,1-3H3,(H,19,20)/t11-,12+/m1/s1. The number of carboxylic acid groups (broad SMARTS) is 1. The van der Waals surface area contributed by atoms with Crippen LogP contribution in [0.4, 0.5) is 0 Å². The summed E-state index contributed by atoms with van der Waals surface area (Å²) in [7, 11) is 0. The molecule has 20 heavy (non-hydrogen) atoms. The van der Waals surface area contributed by atoms with Crippen molar-refractivity contribution >= 4 is 5.97 Å². The summed E-state index contributed by atoms with van der Waals surface area (Å²) < 4.78 is 1.78. The normalized spacial score (nSPS) is 23.6. The third kappa shape index (κ3) is 3.33. The maximum Gasteiger partial charge on any atom is 0.308 e. The fraction of sp³-hybridized carbons (Fsp3) is 0.846. The number of aromatic nitrogens is 4. The molecule has 0 unspecified atom stereocenters. The summed E-state index contributed by atoms with van der Waals surface area (Å²) in [6.45, 7) is 9.30. The first kappa shape index (κ1) is 14.9. The summed E-state index contributed by atoms with van der Waals surface area (Å²) in [6.07, 6.45) is 0.934. The van der Waals surface area contributed by atoms with Gasteiger partial charge in [0, 0.05) is 19.6 Å². The van der Waals surface area contributed by atoms with Gasteiger partial charge in [0.25, 0.3) is 0 Å². The van der Waals surface area contributed by atoms with Crippen molar-refractivity contribution < 1.29 is 9.90 Å². The van der Waals surface area contributed by atoms with E-state index in [1.807, 2.05) is 6.92 Å². The number of hydrogen-bond acceptors (Lipinski definition) is 5. The second-order valence-electron chi connectivity index (χ2n) is 5.91. The minimum absolute atomic E-state index is 0.232. The maximum atomic E-state index is 11.3. The molecule has 1 aromatic rings. The Balaban J connectivity index is 1.82. The Morgan fingerprint density at radius 2 is 2.15 bits per heavy atom. The summed E-state index contributed by atoms with van der Waals surface area (Å²) in [5, 5.41) is 20.7. The van der Waals surface area contributed by atoms with E-state index >= 15 is 0 Å². The Kier molecular flexibility index (Phi) is 4.69. The molecule has 1 aliphatic heterocycles. The largest absolute Gasteiger partial charge is 0.481 e. The van der Waals surface area contributed by atoms with Gasteiger partial charge in [-0.15, -0.1) is 5.10 Å². The van der Waals surface area contributed by atoms with E-state index in [1.165, 1.54) is 0 Å². The summed E-state index contributed by atoms with van der Waals surface area (Å²) in [4.78, 5) is 13.6. The van der Waals surface area contributed by atoms with Crippen molar-refractivity contribution in [2.75, 3.05) is 19.6 Å². The van der Waals surface area contributed by atoms with E-state index in [2.05, 4.69) is 34.3 Å². The highest BCUT2D eigenvalue weighted by Gasteiger charge is 2.38. The Morgan fingerprint density at radius 3 is 2.65 bits per heavy atom.